The molecule has 0 atom stereocenters. The molecule has 4 rings (SSSR count). The van der Waals surface area contributed by atoms with Crippen molar-refractivity contribution in [3.63, 3.8) is 0 Å². The standard InChI is InChI=1S/C13H9F3N8/c14-13(15,16)12-21-19-10-5-4-8(22-24(10)12)17-7-11-20-18-9-3-1-2-6-23(9)11/h1-6H,7H2,(H,17,22). The Morgan fingerprint density at radius 1 is 0.958 bits per heavy atom. The molecule has 4 heterocycles. The van der Waals surface area contributed by atoms with E-state index < -0.39 is 12.0 Å². The number of alkyl halides is 3. The van der Waals surface area contributed by atoms with Crippen LogP contribution >= 0.6 is 0 Å². The zero-order valence-electron chi connectivity index (χ0n) is 11.9. The summed E-state index contributed by atoms with van der Waals surface area (Å²) in [5.41, 5.74) is 0.691. The summed E-state index contributed by atoms with van der Waals surface area (Å²) in [5.74, 6) is -0.332. The fraction of sp³-hybridized carbons (Fsp3) is 0.154. The van der Waals surface area contributed by atoms with Gasteiger partial charge in [-0.25, -0.2) is 0 Å². The second-order valence-electron chi connectivity index (χ2n) is 4.91. The van der Waals surface area contributed by atoms with Crippen LogP contribution in [0.15, 0.2) is 36.5 Å². The van der Waals surface area contributed by atoms with E-state index in [4.69, 9.17) is 0 Å². The van der Waals surface area contributed by atoms with Crippen molar-refractivity contribution in [1.29, 1.82) is 0 Å². The maximum Gasteiger partial charge on any atom is 0.453 e. The average molecular weight is 334 g/mol. The largest absolute Gasteiger partial charge is 0.453 e. The molecule has 0 aliphatic heterocycles. The third-order valence-corrected chi connectivity index (χ3v) is 3.33. The van der Waals surface area contributed by atoms with E-state index in [-0.39, 0.29) is 18.0 Å². The van der Waals surface area contributed by atoms with Crippen molar-refractivity contribution in [2.24, 2.45) is 0 Å². The zero-order valence-corrected chi connectivity index (χ0v) is 11.9. The number of pyridine rings is 1. The highest BCUT2D eigenvalue weighted by molar-refractivity contribution is 5.44. The molecule has 0 fully saturated rings. The Labute approximate surface area is 132 Å². The number of hydrogen-bond donors (Lipinski definition) is 1. The molecular formula is C13H9F3N8. The molecule has 8 nitrogen and oxygen atoms in total. The molecule has 11 heteroatoms. The van der Waals surface area contributed by atoms with Gasteiger partial charge in [0.25, 0.3) is 5.82 Å². The van der Waals surface area contributed by atoms with Gasteiger partial charge in [0.1, 0.15) is 5.82 Å². The van der Waals surface area contributed by atoms with Crippen LogP contribution in [0.3, 0.4) is 0 Å². The Hall–Kier alpha value is -3.24. The molecule has 0 saturated carbocycles. The molecule has 4 aromatic rings. The van der Waals surface area contributed by atoms with Crippen molar-refractivity contribution in [1.82, 2.24) is 34.4 Å². The van der Waals surface area contributed by atoms with Crippen LogP contribution in [0.25, 0.3) is 11.3 Å². The first-order valence-electron chi connectivity index (χ1n) is 6.84. The van der Waals surface area contributed by atoms with Gasteiger partial charge >= 0.3 is 6.18 Å². The van der Waals surface area contributed by atoms with E-state index >= 15 is 0 Å². The number of rotatable bonds is 3. The number of nitrogens with one attached hydrogen (secondary N) is 1. The monoisotopic (exact) mass is 334 g/mol. The number of nitrogens with zero attached hydrogens (tertiary/aromatic N) is 7. The van der Waals surface area contributed by atoms with Crippen LogP contribution in [0.4, 0.5) is 19.0 Å². The molecule has 0 aliphatic rings. The Morgan fingerprint density at radius 2 is 1.79 bits per heavy atom. The highest BCUT2D eigenvalue weighted by Gasteiger charge is 2.37. The predicted molar refractivity (Wildman–Crippen MR) is 76.1 cm³/mol. The molecule has 0 amide bonds. The lowest BCUT2D eigenvalue weighted by atomic mass is 10.4. The summed E-state index contributed by atoms with van der Waals surface area (Å²) in [6.07, 6.45) is -2.83. The van der Waals surface area contributed by atoms with E-state index in [0.717, 1.165) is 0 Å². The fourth-order valence-electron chi connectivity index (χ4n) is 2.24. The van der Waals surface area contributed by atoms with E-state index in [1.807, 2.05) is 12.1 Å². The van der Waals surface area contributed by atoms with Crippen LogP contribution in [0.2, 0.25) is 0 Å². The van der Waals surface area contributed by atoms with Crippen LogP contribution in [0, 0.1) is 0 Å². The molecule has 0 aromatic carbocycles. The minimum absolute atomic E-state index is 0.0146. The zero-order chi connectivity index (χ0) is 16.7. The van der Waals surface area contributed by atoms with Crippen molar-refractivity contribution in [2.45, 2.75) is 12.7 Å². The van der Waals surface area contributed by atoms with Gasteiger partial charge in [-0.05, 0) is 24.3 Å². The molecule has 0 aliphatic carbocycles. The van der Waals surface area contributed by atoms with Gasteiger partial charge < -0.3 is 5.32 Å². The summed E-state index contributed by atoms with van der Waals surface area (Å²) in [7, 11) is 0. The normalized spacial score (nSPS) is 12.1. The summed E-state index contributed by atoms with van der Waals surface area (Å²) < 4.78 is 41.0. The molecule has 24 heavy (non-hydrogen) atoms. The van der Waals surface area contributed by atoms with Crippen molar-refractivity contribution in [3.8, 4) is 0 Å². The van der Waals surface area contributed by atoms with E-state index in [2.05, 4.69) is 30.8 Å². The molecular weight excluding hydrogens is 325 g/mol. The third-order valence-electron chi connectivity index (χ3n) is 3.33. The number of halogens is 3. The topological polar surface area (TPSA) is 85.3 Å². The number of anilines is 1. The highest BCUT2D eigenvalue weighted by atomic mass is 19.4. The molecule has 0 saturated heterocycles. The van der Waals surface area contributed by atoms with Crippen molar-refractivity contribution >= 4 is 17.1 Å². The van der Waals surface area contributed by atoms with Crippen molar-refractivity contribution in [3.05, 3.63) is 48.2 Å². The predicted octanol–water partition coefficient (Wildman–Crippen LogP) is 1.80. The van der Waals surface area contributed by atoms with Crippen LogP contribution < -0.4 is 5.32 Å². The lowest BCUT2D eigenvalue weighted by Crippen LogP contribution is -2.14. The number of fused-ring (bicyclic) bond motifs is 2. The quantitative estimate of drug-likeness (QED) is 0.615. The summed E-state index contributed by atoms with van der Waals surface area (Å²) in [6.45, 7) is 0.243. The first kappa shape index (κ1) is 14.4. The van der Waals surface area contributed by atoms with E-state index in [9.17, 15) is 13.2 Å². The number of hydrogen-bond acceptors (Lipinski definition) is 6. The summed E-state index contributed by atoms with van der Waals surface area (Å²) in [4.78, 5) is 0. The molecule has 1 N–H and O–H groups in total. The van der Waals surface area contributed by atoms with E-state index in [1.165, 1.54) is 12.1 Å². The van der Waals surface area contributed by atoms with Gasteiger partial charge in [0.15, 0.2) is 17.1 Å². The second kappa shape index (κ2) is 5.15. The molecule has 0 bridgehead atoms. The van der Waals surface area contributed by atoms with E-state index in [0.29, 0.717) is 16.0 Å². The van der Waals surface area contributed by atoms with Crippen LogP contribution in [0.5, 0.6) is 0 Å². The smallest absolute Gasteiger partial charge is 0.361 e. The lowest BCUT2D eigenvalue weighted by molar-refractivity contribution is -0.146. The lowest BCUT2D eigenvalue weighted by Gasteiger charge is -2.06. The van der Waals surface area contributed by atoms with Gasteiger partial charge in [-0.3, -0.25) is 4.40 Å². The van der Waals surface area contributed by atoms with Gasteiger partial charge in [0.2, 0.25) is 0 Å². The molecule has 0 unspecified atom stereocenters. The first-order valence-corrected chi connectivity index (χ1v) is 6.84. The first-order chi connectivity index (χ1) is 11.5. The van der Waals surface area contributed by atoms with Gasteiger partial charge in [-0.2, -0.15) is 17.7 Å². The third kappa shape index (κ3) is 2.39. The van der Waals surface area contributed by atoms with Gasteiger partial charge in [0, 0.05) is 6.20 Å². The summed E-state index contributed by atoms with van der Waals surface area (Å²) in [5, 5.41) is 21.4. The molecule has 122 valence electrons. The van der Waals surface area contributed by atoms with Crippen molar-refractivity contribution < 1.29 is 13.2 Å². The Balaban J connectivity index is 1.63. The average Bonchev–Trinajstić information content (AvgIpc) is 3.16. The Morgan fingerprint density at radius 3 is 2.62 bits per heavy atom. The van der Waals surface area contributed by atoms with Gasteiger partial charge in [-0.1, -0.05) is 6.07 Å². The molecule has 4 aromatic heterocycles. The van der Waals surface area contributed by atoms with Gasteiger partial charge in [0.05, 0.1) is 6.54 Å². The van der Waals surface area contributed by atoms with Crippen LogP contribution in [-0.4, -0.2) is 34.4 Å². The molecule has 0 radical (unpaired) electrons. The molecule has 0 spiro atoms. The Kier molecular flexibility index (Phi) is 3.08. The van der Waals surface area contributed by atoms with Crippen LogP contribution in [-0.2, 0) is 12.7 Å². The van der Waals surface area contributed by atoms with Gasteiger partial charge in [-0.15, -0.1) is 25.5 Å². The van der Waals surface area contributed by atoms with Crippen molar-refractivity contribution in [2.75, 3.05) is 5.32 Å². The minimum Gasteiger partial charge on any atom is -0.361 e. The minimum atomic E-state index is -4.63. The van der Waals surface area contributed by atoms with Crippen LogP contribution in [0.1, 0.15) is 11.6 Å². The number of aromatic nitrogens is 7. The maximum absolute atomic E-state index is 12.9. The second-order valence-corrected chi connectivity index (χ2v) is 4.91. The summed E-state index contributed by atoms with van der Waals surface area (Å²) >= 11 is 0. The maximum atomic E-state index is 12.9. The summed E-state index contributed by atoms with van der Waals surface area (Å²) in [6, 6.07) is 8.39. The highest BCUT2D eigenvalue weighted by Crippen LogP contribution is 2.27. The Bertz CT molecular complexity index is 1020. The van der Waals surface area contributed by atoms with E-state index in [1.54, 1.807) is 16.7 Å². The SMILES string of the molecule is FC(F)(F)c1nnc2ccc(NCc3nnc4ccccn34)nn12. The fourth-order valence-corrected chi connectivity index (χ4v) is 2.24.